The van der Waals surface area contributed by atoms with E-state index in [1.165, 1.54) is 11.1 Å². The predicted octanol–water partition coefficient (Wildman–Crippen LogP) is 1.26. The van der Waals surface area contributed by atoms with Crippen LogP contribution in [0.25, 0.3) is 0 Å². The largest absolute Gasteiger partial charge is 0.345 e. The summed E-state index contributed by atoms with van der Waals surface area (Å²) in [6.07, 6.45) is 6.90. The second-order valence-electron chi connectivity index (χ2n) is 7.02. The number of nitrogens with zero attached hydrogens (tertiary/aromatic N) is 4. The van der Waals surface area contributed by atoms with Crippen molar-refractivity contribution in [1.29, 1.82) is 0 Å². The summed E-state index contributed by atoms with van der Waals surface area (Å²) in [6.45, 7) is 0.884. The molecule has 1 saturated heterocycles. The Hall–Kier alpha value is -2.26. The van der Waals surface area contributed by atoms with Gasteiger partial charge in [0.1, 0.15) is 0 Å². The van der Waals surface area contributed by atoms with Gasteiger partial charge in [0.05, 0.1) is 23.2 Å². The van der Waals surface area contributed by atoms with Crippen LogP contribution in [0.1, 0.15) is 40.4 Å². The van der Waals surface area contributed by atoms with Crippen molar-refractivity contribution in [2.45, 2.75) is 25.2 Å². The average molecular weight is 391 g/mol. The summed E-state index contributed by atoms with van der Waals surface area (Å²) in [5.41, 5.74) is 2.19. The molecule has 9 heteroatoms. The second kappa shape index (κ2) is 8.18. The SMILES string of the molecule is CN(C)C(=O)c1cn[nH]c1[C@H]1CCCN(S(=O)(=O)CCc2ccncc2)C1. The van der Waals surface area contributed by atoms with Crippen molar-refractivity contribution < 1.29 is 13.2 Å². The molecule has 0 unspecified atom stereocenters. The van der Waals surface area contributed by atoms with E-state index in [1.807, 2.05) is 12.1 Å². The number of amides is 1. The number of H-pyrrole nitrogens is 1. The van der Waals surface area contributed by atoms with Gasteiger partial charge in [-0.25, -0.2) is 12.7 Å². The molecular weight excluding hydrogens is 366 g/mol. The van der Waals surface area contributed by atoms with Crippen LogP contribution >= 0.6 is 0 Å². The Kier molecular flexibility index (Phi) is 5.91. The van der Waals surface area contributed by atoms with Crippen LogP contribution in [0.15, 0.2) is 30.7 Å². The van der Waals surface area contributed by atoms with Gasteiger partial charge in [-0.05, 0) is 37.0 Å². The van der Waals surface area contributed by atoms with Crippen LogP contribution in [0.4, 0.5) is 0 Å². The minimum absolute atomic E-state index is 0.0594. The molecule has 1 atom stereocenters. The number of piperidine rings is 1. The Morgan fingerprint density at radius 3 is 2.78 bits per heavy atom. The summed E-state index contributed by atoms with van der Waals surface area (Å²) in [5, 5.41) is 6.93. The van der Waals surface area contributed by atoms with Crippen molar-refractivity contribution in [2.75, 3.05) is 32.9 Å². The van der Waals surface area contributed by atoms with E-state index in [9.17, 15) is 13.2 Å². The van der Waals surface area contributed by atoms with E-state index in [4.69, 9.17) is 0 Å². The van der Waals surface area contributed by atoms with E-state index in [-0.39, 0.29) is 17.6 Å². The molecular formula is C18H25N5O3S. The minimum Gasteiger partial charge on any atom is -0.345 e. The third-order valence-corrected chi connectivity index (χ3v) is 6.73. The monoisotopic (exact) mass is 391 g/mol. The molecule has 2 aromatic rings. The third kappa shape index (κ3) is 4.54. The first-order valence-electron chi connectivity index (χ1n) is 9.00. The number of rotatable bonds is 6. The number of pyridine rings is 1. The first kappa shape index (κ1) is 19.5. The Morgan fingerprint density at radius 1 is 1.33 bits per heavy atom. The van der Waals surface area contributed by atoms with Gasteiger partial charge in [0.25, 0.3) is 5.91 Å². The van der Waals surface area contributed by atoms with Crippen molar-refractivity contribution in [2.24, 2.45) is 0 Å². The van der Waals surface area contributed by atoms with Gasteiger partial charge in [-0.1, -0.05) is 0 Å². The summed E-state index contributed by atoms with van der Waals surface area (Å²) < 4.78 is 27.2. The molecule has 2 aromatic heterocycles. The summed E-state index contributed by atoms with van der Waals surface area (Å²) in [6, 6.07) is 3.66. The standard InChI is InChI=1S/C18H25N5O3S/c1-22(2)18(24)16-12-20-21-17(16)15-4-3-10-23(13-15)27(25,26)11-7-14-5-8-19-9-6-14/h5-6,8-9,12,15H,3-4,7,10-11,13H2,1-2H3,(H,20,21)/t15-/m0/s1. The smallest absolute Gasteiger partial charge is 0.256 e. The van der Waals surface area contributed by atoms with Gasteiger partial charge in [-0.2, -0.15) is 5.10 Å². The van der Waals surface area contributed by atoms with Gasteiger partial charge < -0.3 is 4.90 Å². The fourth-order valence-electron chi connectivity index (χ4n) is 3.37. The lowest BCUT2D eigenvalue weighted by atomic mass is 9.93. The normalized spacial score (nSPS) is 18.4. The molecule has 0 saturated carbocycles. The van der Waals surface area contributed by atoms with Crippen LogP contribution in [-0.4, -0.2) is 71.6 Å². The highest BCUT2D eigenvalue weighted by Crippen LogP contribution is 2.29. The lowest BCUT2D eigenvalue weighted by molar-refractivity contribution is 0.0825. The van der Waals surface area contributed by atoms with Crippen LogP contribution in [0.5, 0.6) is 0 Å². The summed E-state index contributed by atoms with van der Waals surface area (Å²) in [4.78, 5) is 17.8. The molecule has 146 valence electrons. The zero-order valence-corrected chi connectivity index (χ0v) is 16.4. The van der Waals surface area contributed by atoms with Gasteiger partial charge >= 0.3 is 0 Å². The zero-order valence-electron chi connectivity index (χ0n) is 15.6. The van der Waals surface area contributed by atoms with Gasteiger partial charge in [-0.15, -0.1) is 0 Å². The van der Waals surface area contributed by atoms with E-state index in [0.717, 1.165) is 24.1 Å². The van der Waals surface area contributed by atoms with Crippen LogP contribution in [-0.2, 0) is 16.4 Å². The van der Waals surface area contributed by atoms with Gasteiger partial charge in [0.15, 0.2) is 0 Å². The second-order valence-corrected chi connectivity index (χ2v) is 9.10. The predicted molar refractivity (Wildman–Crippen MR) is 102 cm³/mol. The van der Waals surface area contributed by atoms with E-state index in [1.54, 1.807) is 30.8 Å². The maximum Gasteiger partial charge on any atom is 0.256 e. The van der Waals surface area contributed by atoms with Crippen LogP contribution < -0.4 is 0 Å². The number of aromatic amines is 1. The quantitative estimate of drug-likeness (QED) is 0.799. The number of hydrogen-bond acceptors (Lipinski definition) is 5. The van der Waals surface area contributed by atoms with E-state index >= 15 is 0 Å². The van der Waals surface area contributed by atoms with Crippen molar-refractivity contribution in [3.8, 4) is 0 Å². The molecule has 1 aliphatic rings. The number of aryl methyl sites for hydroxylation is 1. The number of aromatic nitrogens is 3. The number of hydrogen-bond donors (Lipinski definition) is 1. The molecule has 3 heterocycles. The summed E-state index contributed by atoms with van der Waals surface area (Å²) in [7, 11) is 0.00899. The summed E-state index contributed by atoms with van der Waals surface area (Å²) in [5.74, 6) is -0.122. The molecule has 8 nitrogen and oxygen atoms in total. The fraction of sp³-hybridized carbons (Fsp3) is 0.500. The number of nitrogens with one attached hydrogen (secondary N) is 1. The van der Waals surface area contributed by atoms with E-state index in [0.29, 0.717) is 25.1 Å². The maximum absolute atomic E-state index is 12.8. The molecule has 0 spiro atoms. The van der Waals surface area contributed by atoms with Crippen molar-refractivity contribution in [3.05, 3.63) is 47.5 Å². The van der Waals surface area contributed by atoms with Gasteiger partial charge in [0, 0.05) is 45.5 Å². The van der Waals surface area contributed by atoms with Gasteiger partial charge in [0.2, 0.25) is 10.0 Å². The van der Waals surface area contributed by atoms with Gasteiger partial charge in [-0.3, -0.25) is 14.9 Å². The highest BCUT2D eigenvalue weighted by Gasteiger charge is 2.32. The average Bonchev–Trinajstić information content (AvgIpc) is 3.16. The van der Waals surface area contributed by atoms with Crippen molar-refractivity contribution in [1.82, 2.24) is 24.4 Å². The minimum atomic E-state index is -3.37. The molecule has 1 N–H and O–H groups in total. The molecule has 1 aliphatic heterocycles. The van der Waals surface area contributed by atoms with Crippen LogP contribution in [0, 0.1) is 0 Å². The number of carbonyl (C=O) groups is 1. The third-order valence-electron chi connectivity index (χ3n) is 4.89. The number of carbonyl (C=O) groups excluding carboxylic acids is 1. The molecule has 27 heavy (non-hydrogen) atoms. The van der Waals surface area contributed by atoms with Crippen LogP contribution in [0.2, 0.25) is 0 Å². The zero-order chi connectivity index (χ0) is 19.4. The number of sulfonamides is 1. The topological polar surface area (TPSA) is 99.3 Å². The maximum atomic E-state index is 12.8. The lowest BCUT2D eigenvalue weighted by Gasteiger charge is -2.32. The molecule has 0 radical (unpaired) electrons. The molecule has 0 bridgehead atoms. The first-order valence-corrected chi connectivity index (χ1v) is 10.6. The summed E-state index contributed by atoms with van der Waals surface area (Å²) >= 11 is 0. The molecule has 1 amide bonds. The fourth-order valence-corrected chi connectivity index (χ4v) is 4.94. The Morgan fingerprint density at radius 2 is 2.07 bits per heavy atom. The molecule has 3 rings (SSSR count). The Balaban J connectivity index is 1.71. The molecule has 0 aliphatic carbocycles. The molecule has 0 aromatic carbocycles. The van der Waals surface area contributed by atoms with Crippen molar-refractivity contribution >= 4 is 15.9 Å². The van der Waals surface area contributed by atoms with E-state index in [2.05, 4.69) is 15.2 Å². The Bertz CT molecular complexity index is 879. The van der Waals surface area contributed by atoms with E-state index < -0.39 is 10.0 Å². The first-order chi connectivity index (χ1) is 12.9. The Labute approximate surface area is 159 Å². The highest BCUT2D eigenvalue weighted by molar-refractivity contribution is 7.89. The van der Waals surface area contributed by atoms with Crippen LogP contribution in [0.3, 0.4) is 0 Å². The lowest BCUT2D eigenvalue weighted by Crippen LogP contribution is -2.41. The van der Waals surface area contributed by atoms with Crippen molar-refractivity contribution in [3.63, 3.8) is 0 Å². The highest BCUT2D eigenvalue weighted by atomic mass is 32.2. The molecule has 1 fully saturated rings.